The predicted octanol–water partition coefficient (Wildman–Crippen LogP) is 1.15. The number of rotatable bonds is 1. The van der Waals surface area contributed by atoms with Crippen molar-refractivity contribution >= 4 is 21.8 Å². The minimum Gasteiger partial charge on any atom is -0.353 e. The van der Waals surface area contributed by atoms with Gasteiger partial charge >= 0.3 is 0 Å². The van der Waals surface area contributed by atoms with Gasteiger partial charge in [-0.3, -0.25) is 4.79 Å². The van der Waals surface area contributed by atoms with E-state index in [1.54, 1.807) is 6.92 Å². The van der Waals surface area contributed by atoms with Crippen molar-refractivity contribution in [1.29, 1.82) is 0 Å². The third kappa shape index (κ3) is 0.691. The lowest BCUT2D eigenvalue weighted by Crippen LogP contribution is -2.37. The van der Waals surface area contributed by atoms with Gasteiger partial charge in [0.1, 0.15) is 0 Å². The molecule has 0 aliphatic heterocycles. The fourth-order valence-electron chi connectivity index (χ4n) is 3.49. The zero-order valence-corrected chi connectivity index (χ0v) is 8.54. The monoisotopic (exact) mass is 229 g/mol. The largest absolute Gasteiger partial charge is 0.353 e. The van der Waals surface area contributed by atoms with E-state index in [2.05, 4.69) is 21.2 Å². The third-order valence-corrected chi connectivity index (χ3v) is 5.15. The smallest absolute Gasteiger partial charge is 0.217 e. The van der Waals surface area contributed by atoms with Crippen LogP contribution in [0.2, 0.25) is 0 Å². The predicted molar refractivity (Wildman–Crippen MR) is 48.9 cm³/mol. The second kappa shape index (κ2) is 2.06. The topological polar surface area (TPSA) is 29.1 Å². The minimum absolute atomic E-state index is 0.137. The molecule has 4 rings (SSSR count). The summed E-state index contributed by atoms with van der Waals surface area (Å²) in [6, 6.07) is 0.502. The first kappa shape index (κ1) is 7.36. The van der Waals surface area contributed by atoms with Crippen LogP contribution in [-0.2, 0) is 4.79 Å². The molecule has 0 aromatic rings. The number of alkyl halides is 1. The van der Waals surface area contributed by atoms with E-state index in [0.29, 0.717) is 10.9 Å². The molecule has 4 aliphatic carbocycles. The first-order valence-corrected chi connectivity index (χ1v) is 5.53. The summed E-state index contributed by atoms with van der Waals surface area (Å²) in [5.74, 6) is 3.53. The fraction of sp³-hybridized carbons (Fsp3) is 0.889. The van der Waals surface area contributed by atoms with Crippen molar-refractivity contribution in [3.63, 3.8) is 0 Å². The molecule has 66 valence electrons. The highest BCUT2D eigenvalue weighted by Gasteiger charge is 2.73. The lowest BCUT2D eigenvalue weighted by molar-refractivity contribution is -0.119. The molecule has 0 saturated heterocycles. The molecule has 3 heteroatoms. The number of amides is 1. The second-order valence-electron chi connectivity index (χ2n) is 4.39. The highest BCUT2D eigenvalue weighted by Crippen LogP contribution is 2.72. The summed E-state index contributed by atoms with van der Waals surface area (Å²) in [5, 5.41) is 3.09. The van der Waals surface area contributed by atoms with Crippen LogP contribution >= 0.6 is 15.9 Å². The molecule has 0 aromatic carbocycles. The molecule has 6 atom stereocenters. The Morgan fingerprint density at radius 3 is 2.50 bits per heavy atom. The highest BCUT2D eigenvalue weighted by atomic mass is 79.9. The van der Waals surface area contributed by atoms with Crippen molar-refractivity contribution in [1.82, 2.24) is 5.32 Å². The maximum Gasteiger partial charge on any atom is 0.217 e. The molecule has 12 heavy (non-hydrogen) atoms. The Morgan fingerprint density at radius 2 is 2.17 bits per heavy atom. The first-order chi connectivity index (χ1) is 5.70. The summed E-state index contributed by atoms with van der Waals surface area (Å²) in [7, 11) is 0. The van der Waals surface area contributed by atoms with E-state index in [4.69, 9.17) is 0 Å². The van der Waals surface area contributed by atoms with E-state index >= 15 is 0 Å². The molecule has 4 bridgehead atoms. The molecule has 1 amide bonds. The van der Waals surface area contributed by atoms with Gasteiger partial charge in [-0.25, -0.2) is 0 Å². The van der Waals surface area contributed by atoms with Gasteiger partial charge in [-0.2, -0.15) is 0 Å². The van der Waals surface area contributed by atoms with E-state index in [-0.39, 0.29) is 5.91 Å². The quantitative estimate of drug-likeness (QED) is 0.672. The van der Waals surface area contributed by atoms with Gasteiger partial charge < -0.3 is 5.32 Å². The van der Waals surface area contributed by atoms with Crippen LogP contribution in [0.5, 0.6) is 0 Å². The number of hydrogen-bond donors (Lipinski definition) is 1. The van der Waals surface area contributed by atoms with Gasteiger partial charge in [-0.15, -0.1) is 0 Å². The molecule has 0 spiro atoms. The van der Waals surface area contributed by atoms with E-state index in [0.717, 1.165) is 23.7 Å². The Labute approximate surface area is 80.2 Å². The van der Waals surface area contributed by atoms with Crippen molar-refractivity contribution in [2.75, 3.05) is 0 Å². The van der Waals surface area contributed by atoms with Gasteiger partial charge in [0, 0.05) is 17.8 Å². The first-order valence-electron chi connectivity index (χ1n) is 4.61. The lowest BCUT2D eigenvalue weighted by Gasteiger charge is -2.17. The van der Waals surface area contributed by atoms with Gasteiger partial charge in [0.25, 0.3) is 0 Å². The normalized spacial score (nSPS) is 58.8. The molecule has 0 radical (unpaired) electrons. The molecule has 2 unspecified atom stereocenters. The van der Waals surface area contributed by atoms with Crippen LogP contribution in [0.3, 0.4) is 0 Å². The Bertz CT molecular complexity index is 255. The van der Waals surface area contributed by atoms with Crippen molar-refractivity contribution in [3.8, 4) is 0 Å². The van der Waals surface area contributed by atoms with Crippen molar-refractivity contribution in [2.24, 2.45) is 23.7 Å². The Morgan fingerprint density at radius 1 is 1.42 bits per heavy atom. The summed E-state index contributed by atoms with van der Waals surface area (Å²) in [6.07, 6.45) is 1.34. The fourth-order valence-corrected chi connectivity index (χ4v) is 4.78. The summed E-state index contributed by atoms with van der Waals surface area (Å²) in [6.45, 7) is 1.62. The maximum atomic E-state index is 10.9. The summed E-state index contributed by atoms with van der Waals surface area (Å²) in [5.41, 5.74) is 0. The van der Waals surface area contributed by atoms with E-state index in [1.165, 1.54) is 6.42 Å². The summed E-state index contributed by atoms with van der Waals surface area (Å²) in [4.78, 5) is 11.6. The van der Waals surface area contributed by atoms with Crippen molar-refractivity contribution < 1.29 is 4.79 Å². The van der Waals surface area contributed by atoms with Gasteiger partial charge in [0.15, 0.2) is 0 Å². The lowest BCUT2D eigenvalue weighted by atomic mass is 10.1. The van der Waals surface area contributed by atoms with Crippen LogP contribution in [0.1, 0.15) is 13.3 Å². The number of halogens is 1. The molecular formula is C9H12BrNO. The zero-order chi connectivity index (χ0) is 8.46. The molecular weight excluding hydrogens is 218 g/mol. The molecule has 0 aromatic heterocycles. The van der Waals surface area contributed by atoms with E-state index in [1.807, 2.05) is 0 Å². The third-order valence-electron chi connectivity index (χ3n) is 3.86. The molecule has 4 saturated carbocycles. The Balaban J connectivity index is 1.80. The number of hydrogen-bond acceptors (Lipinski definition) is 1. The van der Waals surface area contributed by atoms with Gasteiger partial charge in [0.05, 0.1) is 0 Å². The molecule has 0 heterocycles. The SMILES string of the molecule is CC(=O)N[C@@H]1C2C3[C@H]2C[C@H]1[C@H]3Br. The zero-order valence-electron chi connectivity index (χ0n) is 6.96. The van der Waals surface area contributed by atoms with E-state index in [9.17, 15) is 4.79 Å². The van der Waals surface area contributed by atoms with Gasteiger partial charge in [-0.05, 0) is 30.1 Å². The van der Waals surface area contributed by atoms with Crippen LogP contribution < -0.4 is 5.32 Å². The average Bonchev–Trinajstić information content (AvgIpc) is 2.34. The number of carbonyl (C=O) groups is 1. The molecule has 4 aliphatic rings. The summed E-state index contributed by atoms with van der Waals surface area (Å²) < 4.78 is 0. The van der Waals surface area contributed by atoms with E-state index < -0.39 is 0 Å². The Kier molecular flexibility index (Phi) is 1.26. The maximum absolute atomic E-state index is 10.9. The number of carbonyl (C=O) groups excluding carboxylic acids is 1. The van der Waals surface area contributed by atoms with Crippen LogP contribution in [0, 0.1) is 23.7 Å². The van der Waals surface area contributed by atoms with Crippen LogP contribution in [-0.4, -0.2) is 16.8 Å². The van der Waals surface area contributed by atoms with Crippen molar-refractivity contribution in [3.05, 3.63) is 0 Å². The molecule has 1 N–H and O–H groups in total. The molecule has 4 fully saturated rings. The average molecular weight is 230 g/mol. The second-order valence-corrected chi connectivity index (χ2v) is 5.45. The van der Waals surface area contributed by atoms with Crippen LogP contribution in [0.25, 0.3) is 0 Å². The standard InChI is InChI=1S/C9H12BrNO/c1-3(12)11-9-5-2-4-6(7(4)9)8(5)10/h4-9H,2H2,1H3,(H,11,12)/t4-,5+,6?,7?,8-,9+/m1/s1. The van der Waals surface area contributed by atoms with Gasteiger partial charge in [-0.1, -0.05) is 15.9 Å². The summed E-state index contributed by atoms with van der Waals surface area (Å²) >= 11 is 3.73. The molecule has 2 nitrogen and oxygen atoms in total. The Hall–Kier alpha value is -0.0500. The number of nitrogens with one attached hydrogen (secondary N) is 1. The van der Waals surface area contributed by atoms with Crippen LogP contribution in [0.15, 0.2) is 0 Å². The van der Waals surface area contributed by atoms with Crippen molar-refractivity contribution in [2.45, 2.75) is 24.2 Å². The van der Waals surface area contributed by atoms with Crippen LogP contribution in [0.4, 0.5) is 0 Å². The van der Waals surface area contributed by atoms with Gasteiger partial charge in [0.2, 0.25) is 5.91 Å². The highest BCUT2D eigenvalue weighted by molar-refractivity contribution is 9.09. The minimum atomic E-state index is 0.137.